The molecule has 102 valence electrons. The molecular weight excluding hydrogens is 210 g/mol. The van der Waals surface area contributed by atoms with Crippen molar-refractivity contribution in [2.24, 2.45) is 17.8 Å². The van der Waals surface area contributed by atoms with Gasteiger partial charge in [0, 0.05) is 18.7 Å². The Bertz CT molecular complexity index is 205. The number of aliphatic hydroxyl groups excluding tert-OH is 1. The minimum atomic E-state index is 0.287. The van der Waals surface area contributed by atoms with E-state index in [0.29, 0.717) is 18.0 Å². The third-order valence-electron chi connectivity index (χ3n) is 4.60. The lowest BCUT2D eigenvalue weighted by Gasteiger charge is -2.26. The highest BCUT2D eigenvalue weighted by Crippen LogP contribution is 2.29. The maximum absolute atomic E-state index is 9.17. The molecule has 17 heavy (non-hydrogen) atoms. The smallest absolute Gasteiger partial charge is 0.0471 e. The summed E-state index contributed by atoms with van der Waals surface area (Å²) < 4.78 is 0. The highest BCUT2D eigenvalue weighted by molar-refractivity contribution is 4.79. The molecule has 1 aliphatic carbocycles. The average Bonchev–Trinajstić information content (AvgIpc) is 2.53. The fraction of sp³-hybridized carbons (Fsp3) is 1.00. The van der Waals surface area contributed by atoms with E-state index in [1.807, 2.05) is 0 Å². The summed E-state index contributed by atoms with van der Waals surface area (Å²) in [6.07, 6.45) is 6.76. The van der Waals surface area contributed by atoms with Gasteiger partial charge in [0.1, 0.15) is 0 Å². The van der Waals surface area contributed by atoms with Crippen LogP contribution in [0.1, 0.15) is 59.8 Å². The third kappa shape index (κ3) is 4.97. The zero-order valence-electron chi connectivity index (χ0n) is 12.1. The van der Waals surface area contributed by atoms with Gasteiger partial charge in [0.05, 0.1) is 0 Å². The predicted octanol–water partition coefficient (Wildman–Crippen LogP) is 3.20. The van der Waals surface area contributed by atoms with Crippen LogP contribution in [0, 0.1) is 17.8 Å². The van der Waals surface area contributed by atoms with Gasteiger partial charge in [-0.2, -0.15) is 0 Å². The first-order chi connectivity index (χ1) is 8.04. The Labute approximate surface area is 107 Å². The van der Waals surface area contributed by atoms with Crippen molar-refractivity contribution in [3.05, 3.63) is 0 Å². The summed E-state index contributed by atoms with van der Waals surface area (Å²) in [5.41, 5.74) is 0. The Balaban J connectivity index is 2.36. The zero-order valence-corrected chi connectivity index (χ0v) is 12.1. The molecule has 0 saturated heterocycles. The molecule has 0 aromatic rings. The van der Waals surface area contributed by atoms with E-state index in [9.17, 15) is 0 Å². The molecule has 2 nitrogen and oxygen atoms in total. The molecule has 4 unspecified atom stereocenters. The summed E-state index contributed by atoms with van der Waals surface area (Å²) in [6.45, 7) is 9.32. The maximum atomic E-state index is 9.17. The molecular formula is C15H31NO. The van der Waals surface area contributed by atoms with Crippen molar-refractivity contribution in [2.75, 3.05) is 6.61 Å². The van der Waals surface area contributed by atoms with Crippen molar-refractivity contribution in [3.8, 4) is 0 Å². The molecule has 1 rings (SSSR count). The van der Waals surface area contributed by atoms with Crippen LogP contribution in [0.3, 0.4) is 0 Å². The molecule has 1 saturated carbocycles. The van der Waals surface area contributed by atoms with E-state index in [4.69, 9.17) is 5.11 Å². The molecule has 0 aliphatic heterocycles. The normalized spacial score (nSPS) is 30.0. The monoisotopic (exact) mass is 241 g/mol. The van der Waals surface area contributed by atoms with Gasteiger partial charge in [0.15, 0.2) is 0 Å². The van der Waals surface area contributed by atoms with Crippen molar-refractivity contribution in [1.29, 1.82) is 0 Å². The highest BCUT2D eigenvalue weighted by atomic mass is 16.3. The van der Waals surface area contributed by atoms with Crippen LogP contribution in [0.5, 0.6) is 0 Å². The second-order valence-corrected chi connectivity index (χ2v) is 6.32. The van der Waals surface area contributed by atoms with Gasteiger partial charge in [-0.15, -0.1) is 0 Å². The molecule has 4 atom stereocenters. The van der Waals surface area contributed by atoms with Gasteiger partial charge in [-0.25, -0.2) is 0 Å². The Kier molecular flexibility index (Phi) is 6.50. The van der Waals surface area contributed by atoms with Crippen LogP contribution < -0.4 is 5.32 Å². The zero-order chi connectivity index (χ0) is 12.8. The molecule has 2 N–H and O–H groups in total. The van der Waals surface area contributed by atoms with E-state index in [2.05, 4.69) is 33.0 Å². The van der Waals surface area contributed by atoms with E-state index >= 15 is 0 Å². The average molecular weight is 241 g/mol. The predicted molar refractivity (Wildman–Crippen MR) is 74.0 cm³/mol. The minimum absolute atomic E-state index is 0.287. The molecule has 0 amide bonds. The summed E-state index contributed by atoms with van der Waals surface area (Å²) in [7, 11) is 0. The second kappa shape index (κ2) is 7.38. The molecule has 0 aromatic carbocycles. The topological polar surface area (TPSA) is 32.3 Å². The molecule has 1 aliphatic rings. The summed E-state index contributed by atoms with van der Waals surface area (Å²) in [4.78, 5) is 0. The Hall–Kier alpha value is -0.0800. The van der Waals surface area contributed by atoms with Gasteiger partial charge in [0.25, 0.3) is 0 Å². The van der Waals surface area contributed by atoms with Crippen molar-refractivity contribution < 1.29 is 5.11 Å². The SMILES string of the molecule is CC(C)C1CCCC(NC(C)C(C)CO)CC1. The highest BCUT2D eigenvalue weighted by Gasteiger charge is 2.22. The summed E-state index contributed by atoms with van der Waals surface area (Å²) in [5, 5.41) is 12.9. The van der Waals surface area contributed by atoms with Crippen LogP contribution in [-0.4, -0.2) is 23.8 Å². The summed E-state index contributed by atoms with van der Waals surface area (Å²) in [5.74, 6) is 2.12. The largest absolute Gasteiger partial charge is 0.396 e. The minimum Gasteiger partial charge on any atom is -0.396 e. The third-order valence-corrected chi connectivity index (χ3v) is 4.60. The lowest BCUT2D eigenvalue weighted by molar-refractivity contribution is 0.198. The van der Waals surface area contributed by atoms with Gasteiger partial charge in [-0.3, -0.25) is 0 Å². The van der Waals surface area contributed by atoms with E-state index in [1.165, 1.54) is 32.1 Å². The first kappa shape index (κ1) is 15.0. The van der Waals surface area contributed by atoms with Gasteiger partial charge in [-0.1, -0.05) is 33.6 Å². The standard InChI is InChI=1S/C15H31NO/c1-11(2)14-6-5-7-15(9-8-14)16-13(4)12(3)10-17/h11-17H,5-10H2,1-4H3. The molecule has 0 spiro atoms. The maximum Gasteiger partial charge on any atom is 0.0471 e. The van der Waals surface area contributed by atoms with E-state index < -0.39 is 0 Å². The van der Waals surface area contributed by atoms with Gasteiger partial charge in [-0.05, 0) is 43.9 Å². The summed E-state index contributed by atoms with van der Waals surface area (Å²) >= 11 is 0. The van der Waals surface area contributed by atoms with Crippen molar-refractivity contribution in [1.82, 2.24) is 5.32 Å². The van der Waals surface area contributed by atoms with Crippen molar-refractivity contribution >= 4 is 0 Å². The summed E-state index contributed by atoms with van der Waals surface area (Å²) in [6, 6.07) is 1.10. The van der Waals surface area contributed by atoms with Crippen molar-refractivity contribution in [2.45, 2.75) is 71.9 Å². The Morgan fingerprint density at radius 2 is 1.76 bits per heavy atom. The van der Waals surface area contributed by atoms with Crippen LogP contribution in [0.2, 0.25) is 0 Å². The van der Waals surface area contributed by atoms with Crippen LogP contribution in [0.25, 0.3) is 0 Å². The fourth-order valence-corrected chi connectivity index (χ4v) is 2.86. The first-order valence-electron chi connectivity index (χ1n) is 7.41. The Morgan fingerprint density at radius 1 is 1.06 bits per heavy atom. The van der Waals surface area contributed by atoms with Crippen molar-refractivity contribution in [3.63, 3.8) is 0 Å². The fourth-order valence-electron chi connectivity index (χ4n) is 2.86. The van der Waals surface area contributed by atoms with E-state index in [-0.39, 0.29) is 6.61 Å². The second-order valence-electron chi connectivity index (χ2n) is 6.32. The van der Waals surface area contributed by atoms with E-state index in [1.54, 1.807) is 0 Å². The van der Waals surface area contributed by atoms with Crippen LogP contribution >= 0.6 is 0 Å². The number of nitrogens with one attached hydrogen (secondary N) is 1. The van der Waals surface area contributed by atoms with Gasteiger partial charge >= 0.3 is 0 Å². The van der Waals surface area contributed by atoms with Crippen LogP contribution in [0.4, 0.5) is 0 Å². The quantitative estimate of drug-likeness (QED) is 0.725. The number of rotatable bonds is 5. The number of hydrogen-bond donors (Lipinski definition) is 2. The van der Waals surface area contributed by atoms with Crippen LogP contribution in [0.15, 0.2) is 0 Å². The Morgan fingerprint density at radius 3 is 2.35 bits per heavy atom. The van der Waals surface area contributed by atoms with E-state index in [0.717, 1.165) is 11.8 Å². The molecule has 0 aromatic heterocycles. The van der Waals surface area contributed by atoms with Crippen LogP contribution in [-0.2, 0) is 0 Å². The molecule has 0 radical (unpaired) electrons. The lowest BCUT2D eigenvalue weighted by Crippen LogP contribution is -2.41. The molecule has 1 fully saturated rings. The molecule has 0 bridgehead atoms. The number of hydrogen-bond acceptors (Lipinski definition) is 2. The molecule has 2 heteroatoms. The lowest BCUT2D eigenvalue weighted by atomic mass is 9.89. The first-order valence-corrected chi connectivity index (χ1v) is 7.41. The van der Waals surface area contributed by atoms with Gasteiger partial charge < -0.3 is 10.4 Å². The molecule has 0 heterocycles. The number of aliphatic hydroxyl groups is 1. The van der Waals surface area contributed by atoms with Gasteiger partial charge in [0.2, 0.25) is 0 Å².